The Morgan fingerprint density at radius 3 is 2.12 bits per heavy atom. The summed E-state index contributed by atoms with van der Waals surface area (Å²) in [5.74, 6) is 0.795. The highest BCUT2D eigenvalue weighted by Crippen LogP contribution is 2.30. The number of halogens is 1. The third-order valence-corrected chi connectivity index (χ3v) is 4.61. The molecule has 0 unspecified atom stereocenters. The monoisotopic (exact) mass is 259 g/mol. The van der Waals surface area contributed by atoms with Gasteiger partial charge in [0.2, 0.25) is 0 Å². The fourth-order valence-corrected chi connectivity index (χ4v) is 3.21. The van der Waals surface area contributed by atoms with Crippen LogP contribution in [0.25, 0.3) is 0 Å². The summed E-state index contributed by atoms with van der Waals surface area (Å²) in [7, 11) is 0. The van der Waals surface area contributed by atoms with Crippen LogP contribution in [0.3, 0.4) is 0 Å². The summed E-state index contributed by atoms with van der Waals surface area (Å²) < 4.78 is 0. The van der Waals surface area contributed by atoms with Gasteiger partial charge in [-0.2, -0.15) is 0 Å². The summed E-state index contributed by atoms with van der Waals surface area (Å²) in [5, 5.41) is 3.71. The van der Waals surface area contributed by atoms with Gasteiger partial charge in [0.25, 0.3) is 0 Å². The second kappa shape index (κ2) is 9.22. The largest absolute Gasteiger partial charge is 0.310 e. The molecule has 0 amide bonds. The second-order valence-corrected chi connectivity index (χ2v) is 5.94. The highest BCUT2D eigenvalue weighted by atomic mass is 35.5. The van der Waals surface area contributed by atoms with Crippen molar-refractivity contribution in [3.8, 4) is 0 Å². The van der Waals surface area contributed by atoms with Gasteiger partial charge in [-0.25, -0.2) is 0 Å². The molecule has 2 heteroatoms. The van der Waals surface area contributed by atoms with E-state index in [0.717, 1.165) is 5.88 Å². The van der Waals surface area contributed by atoms with Crippen LogP contribution in [-0.2, 0) is 0 Å². The van der Waals surface area contributed by atoms with Gasteiger partial charge in [-0.05, 0) is 25.8 Å². The first-order valence-corrected chi connectivity index (χ1v) is 8.17. The van der Waals surface area contributed by atoms with E-state index < -0.39 is 0 Å². The van der Waals surface area contributed by atoms with E-state index in [2.05, 4.69) is 12.2 Å². The van der Waals surface area contributed by atoms with Crippen molar-refractivity contribution in [2.24, 2.45) is 0 Å². The van der Waals surface area contributed by atoms with E-state index in [9.17, 15) is 0 Å². The van der Waals surface area contributed by atoms with Crippen LogP contribution in [0.2, 0.25) is 0 Å². The molecule has 1 fully saturated rings. The maximum atomic E-state index is 6.10. The van der Waals surface area contributed by atoms with Crippen LogP contribution in [0.4, 0.5) is 0 Å². The average molecular weight is 260 g/mol. The number of alkyl halides is 1. The predicted octanol–water partition coefficient (Wildman–Crippen LogP) is 4.88. The molecule has 1 aliphatic rings. The first kappa shape index (κ1) is 15.3. The molecule has 0 spiro atoms. The van der Waals surface area contributed by atoms with Gasteiger partial charge in [0.05, 0.1) is 0 Å². The predicted molar refractivity (Wildman–Crippen MR) is 77.9 cm³/mol. The van der Waals surface area contributed by atoms with Gasteiger partial charge in [0, 0.05) is 11.4 Å². The normalized spacial score (nSPS) is 18.7. The molecule has 0 atom stereocenters. The zero-order chi connectivity index (χ0) is 12.4. The zero-order valence-corrected chi connectivity index (χ0v) is 12.3. The minimum Gasteiger partial charge on any atom is -0.310 e. The number of rotatable bonds is 10. The molecule has 0 aliphatic heterocycles. The van der Waals surface area contributed by atoms with Crippen molar-refractivity contribution in [1.29, 1.82) is 0 Å². The van der Waals surface area contributed by atoms with Gasteiger partial charge in [0.15, 0.2) is 0 Å². The van der Waals surface area contributed by atoms with Crippen molar-refractivity contribution < 1.29 is 0 Å². The van der Waals surface area contributed by atoms with Crippen molar-refractivity contribution in [3.05, 3.63) is 0 Å². The molecule has 0 aromatic rings. The van der Waals surface area contributed by atoms with Gasteiger partial charge < -0.3 is 5.32 Å². The van der Waals surface area contributed by atoms with Gasteiger partial charge in [-0.3, -0.25) is 0 Å². The van der Waals surface area contributed by atoms with Crippen molar-refractivity contribution in [2.75, 3.05) is 12.4 Å². The van der Waals surface area contributed by atoms with Crippen molar-refractivity contribution in [2.45, 2.75) is 83.1 Å². The SMILES string of the molecule is CCCCCCCCCNC1(CCl)CCCC1. The van der Waals surface area contributed by atoms with Crippen molar-refractivity contribution in [1.82, 2.24) is 5.32 Å². The van der Waals surface area contributed by atoms with E-state index >= 15 is 0 Å². The smallest absolute Gasteiger partial charge is 0.0406 e. The third kappa shape index (κ3) is 6.10. The molecule has 0 radical (unpaired) electrons. The molecule has 1 N–H and O–H groups in total. The molecular weight excluding hydrogens is 230 g/mol. The van der Waals surface area contributed by atoms with Crippen LogP contribution in [0.5, 0.6) is 0 Å². The maximum absolute atomic E-state index is 6.10. The third-order valence-electron chi connectivity index (χ3n) is 4.10. The summed E-state index contributed by atoms with van der Waals surface area (Å²) in [6, 6.07) is 0. The Morgan fingerprint density at radius 1 is 0.941 bits per heavy atom. The Balaban J connectivity index is 1.92. The van der Waals surface area contributed by atoms with Crippen molar-refractivity contribution in [3.63, 3.8) is 0 Å². The molecule has 102 valence electrons. The molecule has 1 saturated carbocycles. The average Bonchev–Trinajstić information content (AvgIpc) is 2.82. The van der Waals surface area contributed by atoms with E-state index in [-0.39, 0.29) is 0 Å². The zero-order valence-electron chi connectivity index (χ0n) is 11.6. The first-order valence-electron chi connectivity index (χ1n) is 7.64. The van der Waals surface area contributed by atoms with Crippen LogP contribution in [0.1, 0.15) is 77.6 Å². The molecule has 0 aromatic heterocycles. The summed E-state index contributed by atoms with van der Waals surface area (Å²) >= 11 is 6.10. The maximum Gasteiger partial charge on any atom is 0.0406 e. The minimum absolute atomic E-state index is 0.295. The summed E-state index contributed by atoms with van der Waals surface area (Å²) in [5.41, 5.74) is 0.295. The lowest BCUT2D eigenvalue weighted by Gasteiger charge is -2.28. The molecule has 0 saturated heterocycles. The van der Waals surface area contributed by atoms with E-state index in [1.165, 1.54) is 77.2 Å². The lowest BCUT2D eigenvalue weighted by atomic mass is 10.00. The highest BCUT2D eigenvalue weighted by molar-refractivity contribution is 6.18. The lowest BCUT2D eigenvalue weighted by Crippen LogP contribution is -2.44. The van der Waals surface area contributed by atoms with Crippen LogP contribution in [0.15, 0.2) is 0 Å². The number of unbranched alkanes of at least 4 members (excludes halogenated alkanes) is 6. The van der Waals surface area contributed by atoms with Gasteiger partial charge in [-0.15, -0.1) is 11.6 Å². The number of nitrogens with one attached hydrogen (secondary N) is 1. The van der Waals surface area contributed by atoms with Gasteiger partial charge in [0.1, 0.15) is 0 Å². The molecule has 17 heavy (non-hydrogen) atoms. The number of hydrogen-bond acceptors (Lipinski definition) is 1. The molecule has 1 aliphatic carbocycles. The molecule has 1 nitrogen and oxygen atoms in total. The van der Waals surface area contributed by atoms with E-state index in [4.69, 9.17) is 11.6 Å². The van der Waals surface area contributed by atoms with E-state index in [1.807, 2.05) is 0 Å². The molecule has 0 aromatic carbocycles. The van der Waals surface area contributed by atoms with Gasteiger partial charge in [-0.1, -0.05) is 58.3 Å². The summed E-state index contributed by atoms with van der Waals surface area (Å²) in [6.45, 7) is 3.44. The van der Waals surface area contributed by atoms with Crippen LogP contribution in [0, 0.1) is 0 Å². The Morgan fingerprint density at radius 2 is 1.53 bits per heavy atom. The quantitative estimate of drug-likeness (QED) is 0.436. The van der Waals surface area contributed by atoms with Crippen molar-refractivity contribution >= 4 is 11.6 Å². The standard InChI is InChI=1S/C15H30ClN/c1-2-3-4-5-6-7-10-13-17-15(14-16)11-8-9-12-15/h17H,2-14H2,1H3. The van der Waals surface area contributed by atoms with Crippen LogP contribution < -0.4 is 5.32 Å². The summed E-state index contributed by atoms with van der Waals surface area (Å²) in [6.07, 6.45) is 15.0. The lowest BCUT2D eigenvalue weighted by molar-refractivity contribution is 0.364. The Hall–Kier alpha value is 0.250. The Labute approximate surface area is 113 Å². The molecule has 0 bridgehead atoms. The second-order valence-electron chi connectivity index (χ2n) is 5.67. The fraction of sp³-hybridized carbons (Fsp3) is 1.00. The highest BCUT2D eigenvalue weighted by Gasteiger charge is 2.31. The number of hydrogen-bond donors (Lipinski definition) is 1. The topological polar surface area (TPSA) is 12.0 Å². The Kier molecular flexibility index (Phi) is 8.30. The Bertz CT molecular complexity index is 176. The summed E-state index contributed by atoms with van der Waals surface area (Å²) in [4.78, 5) is 0. The van der Waals surface area contributed by atoms with Gasteiger partial charge >= 0.3 is 0 Å². The minimum atomic E-state index is 0.295. The van der Waals surface area contributed by atoms with Crippen LogP contribution >= 0.6 is 11.6 Å². The fourth-order valence-electron chi connectivity index (χ4n) is 2.85. The van der Waals surface area contributed by atoms with Crippen LogP contribution in [-0.4, -0.2) is 18.0 Å². The van der Waals surface area contributed by atoms with E-state index in [1.54, 1.807) is 0 Å². The molecule has 0 heterocycles. The molecule has 1 rings (SSSR count). The molecular formula is C15H30ClN. The van der Waals surface area contributed by atoms with E-state index in [0.29, 0.717) is 5.54 Å². The first-order chi connectivity index (χ1) is 8.33.